The van der Waals surface area contributed by atoms with Crippen LogP contribution in [-0.4, -0.2) is 35.5 Å². The number of likely N-dealkylation sites (tertiary alicyclic amines) is 1. The molecular weight excluding hydrogens is 336 g/mol. The minimum Gasteiger partial charge on any atom is -0.487 e. The maximum absolute atomic E-state index is 5.88. The van der Waals surface area contributed by atoms with Crippen molar-refractivity contribution in [2.24, 2.45) is 10.4 Å². The van der Waals surface area contributed by atoms with Gasteiger partial charge in [0.2, 0.25) is 0 Å². The van der Waals surface area contributed by atoms with Gasteiger partial charge in [0.25, 0.3) is 0 Å². The van der Waals surface area contributed by atoms with Crippen LogP contribution in [0.1, 0.15) is 38.4 Å². The van der Waals surface area contributed by atoms with Crippen LogP contribution >= 0.6 is 0 Å². The molecule has 0 spiro atoms. The molecule has 0 amide bonds. The Morgan fingerprint density at radius 1 is 1.26 bits per heavy atom. The summed E-state index contributed by atoms with van der Waals surface area (Å²) in [5.74, 6) is 1.85. The molecule has 3 rings (SSSR count). The van der Waals surface area contributed by atoms with Crippen molar-refractivity contribution in [1.29, 1.82) is 0 Å². The number of hydrogen-bond acceptors (Lipinski definition) is 3. The van der Waals surface area contributed by atoms with Crippen LogP contribution in [0, 0.1) is 5.41 Å². The third-order valence-corrected chi connectivity index (χ3v) is 4.73. The van der Waals surface area contributed by atoms with Crippen LogP contribution in [0.25, 0.3) is 0 Å². The van der Waals surface area contributed by atoms with Gasteiger partial charge >= 0.3 is 0 Å². The summed E-state index contributed by atoms with van der Waals surface area (Å²) < 4.78 is 5.88. The maximum Gasteiger partial charge on any atom is 0.194 e. The molecule has 1 saturated heterocycles. The number of nitrogens with one attached hydrogen (secondary N) is 1. The largest absolute Gasteiger partial charge is 0.487 e. The van der Waals surface area contributed by atoms with E-state index in [9.17, 15) is 0 Å². The highest BCUT2D eigenvalue weighted by Crippen LogP contribution is 2.28. The van der Waals surface area contributed by atoms with Crippen LogP contribution < -0.4 is 10.1 Å². The van der Waals surface area contributed by atoms with Crippen LogP contribution in [-0.2, 0) is 13.2 Å². The zero-order valence-electron chi connectivity index (χ0n) is 16.6. The second kappa shape index (κ2) is 8.89. The van der Waals surface area contributed by atoms with Gasteiger partial charge in [-0.3, -0.25) is 4.98 Å². The summed E-state index contributed by atoms with van der Waals surface area (Å²) >= 11 is 0. The van der Waals surface area contributed by atoms with E-state index in [1.54, 1.807) is 6.20 Å². The molecule has 0 aliphatic carbocycles. The van der Waals surface area contributed by atoms with Gasteiger partial charge in [0, 0.05) is 25.8 Å². The SMILES string of the molecule is CCNC(=NCc1cccc(OCc2ccccn2)c1)N1CCC(C)(C)C1. The number of benzene rings is 1. The van der Waals surface area contributed by atoms with Crippen molar-refractivity contribution in [3.05, 3.63) is 59.9 Å². The summed E-state index contributed by atoms with van der Waals surface area (Å²) in [5, 5.41) is 3.43. The van der Waals surface area contributed by atoms with E-state index < -0.39 is 0 Å². The third-order valence-electron chi connectivity index (χ3n) is 4.73. The fourth-order valence-corrected chi connectivity index (χ4v) is 3.26. The number of rotatable bonds is 6. The average Bonchev–Trinajstić information content (AvgIpc) is 3.04. The minimum atomic E-state index is 0.357. The van der Waals surface area contributed by atoms with E-state index in [1.165, 1.54) is 6.42 Å². The Balaban J connectivity index is 1.62. The van der Waals surface area contributed by atoms with Crippen molar-refractivity contribution in [1.82, 2.24) is 15.2 Å². The fraction of sp³-hybridized carbons (Fsp3) is 0.455. The molecule has 0 saturated carbocycles. The lowest BCUT2D eigenvalue weighted by atomic mass is 9.93. The third kappa shape index (κ3) is 5.71. The van der Waals surface area contributed by atoms with Gasteiger partial charge in [0.05, 0.1) is 12.2 Å². The van der Waals surface area contributed by atoms with Crippen molar-refractivity contribution in [2.45, 2.75) is 40.3 Å². The summed E-state index contributed by atoms with van der Waals surface area (Å²) in [4.78, 5) is 11.5. The molecular formula is C22H30N4O. The first-order valence-corrected chi connectivity index (χ1v) is 9.71. The van der Waals surface area contributed by atoms with Crippen LogP contribution in [0.2, 0.25) is 0 Å². The van der Waals surface area contributed by atoms with Crippen molar-refractivity contribution >= 4 is 5.96 Å². The Labute approximate surface area is 162 Å². The highest BCUT2D eigenvalue weighted by atomic mass is 16.5. The first-order valence-electron chi connectivity index (χ1n) is 9.71. The number of pyridine rings is 1. The molecule has 1 aromatic heterocycles. The Morgan fingerprint density at radius 2 is 2.15 bits per heavy atom. The lowest BCUT2D eigenvalue weighted by Gasteiger charge is -2.23. The highest BCUT2D eigenvalue weighted by Gasteiger charge is 2.30. The van der Waals surface area contributed by atoms with Gasteiger partial charge in [-0.15, -0.1) is 0 Å². The minimum absolute atomic E-state index is 0.357. The van der Waals surface area contributed by atoms with Crippen LogP contribution in [0.15, 0.2) is 53.7 Å². The highest BCUT2D eigenvalue weighted by molar-refractivity contribution is 5.80. The summed E-state index contributed by atoms with van der Waals surface area (Å²) in [7, 11) is 0. The normalized spacial score (nSPS) is 16.4. The first kappa shape index (κ1) is 19.2. The van der Waals surface area contributed by atoms with Gasteiger partial charge in [0.15, 0.2) is 5.96 Å². The summed E-state index contributed by atoms with van der Waals surface area (Å²) in [5.41, 5.74) is 2.42. The fourth-order valence-electron chi connectivity index (χ4n) is 3.26. The number of hydrogen-bond donors (Lipinski definition) is 1. The van der Waals surface area contributed by atoms with Crippen molar-refractivity contribution in [2.75, 3.05) is 19.6 Å². The van der Waals surface area contributed by atoms with E-state index >= 15 is 0 Å². The smallest absolute Gasteiger partial charge is 0.194 e. The Morgan fingerprint density at radius 3 is 2.85 bits per heavy atom. The summed E-state index contributed by atoms with van der Waals surface area (Å²) in [6.45, 7) is 10.8. The molecule has 0 radical (unpaired) electrons. The van der Waals surface area contributed by atoms with E-state index in [1.807, 2.05) is 30.3 Å². The predicted octanol–water partition coefficient (Wildman–Crippen LogP) is 3.86. The molecule has 27 heavy (non-hydrogen) atoms. The van der Waals surface area contributed by atoms with Crippen molar-refractivity contribution < 1.29 is 4.74 Å². The van der Waals surface area contributed by atoms with Crippen molar-refractivity contribution in [3.63, 3.8) is 0 Å². The predicted molar refractivity (Wildman–Crippen MR) is 110 cm³/mol. The molecule has 1 aliphatic rings. The van der Waals surface area contributed by atoms with Gasteiger partial charge in [-0.1, -0.05) is 32.0 Å². The van der Waals surface area contributed by atoms with Crippen LogP contribution in [0.4, 0.5) is 0 Å². The van der Waals surface area contributed by atoms with Crippen molar-refractivity contribution in [3.8, 4) is 5.75 Å². The topological polar surface area (TPSA) is 49.8 Å². The number of nitrogens with zero attached hydrogens (tertiary/aromatic N) is 3. The molecule has 1 N–H and O–H groups in total. The lowest BCUT2D eigenvalue weighted by Crippen LogP contribution is -2.40. The maximum atomic E-state index is 5.88. The molecule has 0 bridgehead atoms. The Hall–Kier alpha value is -2.56. The molecule has 144 valence electrons. The molecule has 2 aromatic rings. The zero-order chi connectivity index (χ0) is 19.1. The van der Waals surface area contributed by atoms with Gasteiger partial charge < -0.3 is 15.0 Å². The monoisotopic (exact) mass is 366 g/mol. The quantitative estimate of drug-likeness (QED) is 0.623. The van der Waals surface area contributed by atoms with Gasteiger partial charge in [0.1, 0.15) is 12.4 Å². The zero-order valence-corrected chi connectivity index (χ0v) is 16.6. The van der Waals surface area contributed by atoms with E-state index in [4.69, 9.17) is 9.73 Å². The second-order valence-corrected chi connectivity index (χ2v) is 7.76. The molecule has 1 aliphatic heterocycles. The molecule has 1 aromatic carbocycles. The lowest BCUT2D eigenvalue weighted by molar-refractivity contribution is 0.301. The van der Waals surface area contributed by atoms with E-state index in [0.717, 1.165) is 42.6 Å². The molecule has 2 heterocycles. The standard InChI is InChI=1S/C22H30N4O/c1-4-23-21(26-13-11-22(2,3)17-26)25-15-18-8-7-10-20(14-18)27-16-19-9-5-6-12-24-19/h5-10,12,14H,4,11,13,15-17H2,1-3H3,(H,23,25). The number of aromatic nitrogens is 1. The van der Waals surface area contributed by atoms with Gasteiger partial charge in [-0.2, -0.15) is 0 Å². The van der Waals surface area contributed by atoms with E-state index in [2.05, 4.69) is 48.1 Å². The Bertz CT molecular complexity index is 758. The number of aliphatic imine (C=N–C) groups is 1. The molecule has 5 heteroatoms. The number of guanidine groups is 1. The van der Waals surface area contributed by atoms with E-state index in [0.29, 0.717) is 18.6 Å². The number of ether oxygens (including phenoxy) is 1. The van der Waals surface area contributed by atoms with Gasteiger partial charge in [-0.25, -0.2) is 4.99 Å². The van der Waals surface area contributed by atoms with E-state index in [-0.39, 0.29) is 0 Å². The van der Waals surface area contributed by atoms with Crippen LogP contribution in [0.3, 0.4) is 0 Å². The summed E-state index contributed by atoms with van der Waals surface area (Å²) in [6, 6.07) is 14.0. The summed E-state index contributed by atoms with van der Waals surface area (Å²) in [6.07, 6.45) is 2.99. The molecule has 5 nitrogen and oxygen atoms in total. The Kier molecular flexibility index (Phi) is 6.32. The van der Waals surface area contributed by atoms with Gasteiger partial charge in [-0.05, 0) is 48.6 Å². The first-order chi connectivity index (χ1) is 13.1. The van der Waals surface area contributed by atoms with Crippen LogP contribution in [0.5, 0.6) is 5.75 Å². The average molecular weight is 367 g/mol. The molecule has 0 unspecified atom stereocenters. The second-order valence-electron chi connectivity index (χ2n) is 7.76. The molecule has 0 atom stereocenters. The molecule has 1 fully saturated rings.